The van der Waals surface area contributed by atoms with Crippen molar-refractivity contribution >= 4 is 11.6 Å². The molecule has 0 atom stereocenters. The molecular weight excluding hydrogens is 334 g/mol. The molecule has 1 N–H and O–H groups in total. The quantitative estimate of drug-likeness (QED) is 0.556. The van der Waals surface area contributed by atoms with Crippen LogP contribution in [0.5, 0.6) is 5.75 Å². The van der Waals surface area contributed by atoms with Crippen LogP contribution < -0.4 is 10.1 Å². The van der Waals surface area contributed by atoms with Gasteiger partial charge < -0.3 is 10.1 Å². The minimum Gasteiger partial charge on any atom is -0.489 e. The Balaban J connectivity index is 1.70. The van der Waals surface area contributed by atoms with Gasteiger partial charge in [0.15, 0.2) is 0 Å². The third-order valence-electron chi connectivity index (χ3n) is 4.25. The molecule has 1 amide bonds. The van der Waals surface area contributed by atoms with Crippen LogP contribution in [0.3, 0.4) is 0 Å². The van der Waals surface area contributed by atoms with Gasteiger partial charge in [0.2, 0.25) is 0 Å². The second-order valence-electron chi connectivity index (χ2n) is 6.22. The Bertz CT molecular complexity index is 903. The normalized spacial score (nSPS) is 10.2. The first kappa shape index (κ1) is 18.5. The van der Waals surface area contributed by atoms with Crippen molar-refractivity contribution in [1.82, 2.24) is 0 Å². The standard InChI is InChI=1S/C24H23NO2/c1-2-17-27-22-13-8-12-21(18-22)25-24(26)23-14-7-6-11-20(23)16-15-19-9-4-3-5-10-19/h2-14,18H,1,15-17H2,(H,25,26). The van der Waals surface area contributed by atoms with Crippen molar-refractivity contribution in [3.8, 4) is 5.75 Å². The summed E-state index contributed by atoms with van der Waals surface area (Å²) in [6.07, 6.45) is 3.40. The molecular formula is C24H23NO2. The molecule has 3 rings (SSSR count). The van der Waals surface area contributed by atoms with Gasteiger partial charge in [-0.1, -0.05) is 67.3 Å². The number of carbonyl (C=O) groups is 1. The Kier molecular flexibility index (Phi) is 6.42. The smallest absolute Gasteiger partial charge is 0.255 e. The summed E-state index contributed by atoms with van der Waals surface area (Å²) in [4.78, 5) is 12.8. The van der Waals surface area contributed by atoms with Crippen molar-refractivity contribution in [3.05, 3.63) is 108 Å². The summed E-state index contributed by atoms with van der Waals surface area (Å²) in [5.41, 5.74) is 3.71. The predicted molar refractivity (Wildman–Crippen MR) is 110 cm³/mol. The summed E-state index contributed by atoms with van der Waals surface area (Å²) >= 11 is 0. The summed E-state index contributed by atoms with van der Waals surface area (Å²) in [6.45, 7) is 4.07. The van der Waals surface area contributed by atoms with E-state index in [-0.39, 0.29) is 5.91 Å². The third kappa shape index (κ3) is 5.32. The van der Waals surface area contributed by atoms with E-state index in [2.05, 4.69) is 24.0 Å². The summed E-state index contributed by atoms with van der Waals surface area (Å²) < 4.78 is 5.53. The Morgan fingerprint density at radius 2 is 1.70 bits per heavy atom. The van der Waals surface area contributed by atoms with Crippen LogP contribution >= 0.6 is 0 Å². The number of ether oxygens (including phenoxy) is 1. The molecule has 0 unspecified atom stereocenters. The van der Waals surface area contributed by atoms with Gasteiger partial charge in [0.05, 0.1) is 0 Å². The van der Waals surface area contributed by atoms with Crippen molar-refractivity contribution in [1.29, 1.82) is 0 Å². The van der Waals surface area contributed by atoms with Crippen LogP contribution in [0.15, 0.2) is 91.5 Å². The lowest BCUT2D eigenvalue weighted by atomic mass is 9.99. The number of anilines is 1. The van der Waals surface area contributed by atoms with Crippen LogP contribution in [0.2, 0.25) is 0 Å². The number of benzene rings is 3. The van der Waals surface area contributed by atoms with Crippen LogP contribution in [-0.4, -0.2) is 12.5 Å². The predicted octanol–water partition coefficient (Wildman–Crippen LogP) is 5.29. The van der Waals surface area contributed by atoms with Crippen molar-refractivity contribution in [3.63, 3.8) is 0 Å². The molecule has 0 fully saturated rings. The highest BCUT2D eigenvalue weighted by Crippen LogP contribution is 2.20. The Morgan fingerprint density at radius 3 is 2.52 bits per heavy atom. The average Bonchev–Trinajstić information content (AvgIpc) is 2.72. The molecule has 0 saturated carbocycles. The molecule has 0 aliphatic carbocycles. The summed E-state index contributed by atoms with van der Waals surface area (Å²) in [5, 5.41) is 2.97. The SMILES string of the molecule is C=CCOc1cccc(NC(=O)c2ccccc2CCc2ccccc2)c1. The van der Waals surface area contributed by atoms with Gasteiger partial charge in [-0.3, -0.25) is 4.79 Å². The van der Waals surface area contributed by atoms with E-state index in [1.165, 1.54) is 5.56 Å². The first-order valence-electron chi connectivity index (χ1n) is 9.03. The van der Waals surface area contributed by atoms with Gasteiger partial charge in [-0.15, -0.1) is 0 Å². The molecule has 3 aromatic carbocycles. The molecule has 27 heavy (non-hydrogen) atoms. The van der Waals surface area contributed by atoms with Crippen LogP contribution in [0.25, 0.3) is 0 Å². The van der Waals surface area contributed by atoms with Gasteiger partial charge in [-0.25, -0.2) is 0 Å². The van der Waals surface area contributed by atoms with Gasteiger partial charge in [0.25, 0.3) is 5.91 Å². The number of rotatable bonds is 8. The monoisotopic (exact) mass is 357 g/mol. The summed E-state index contributed by atoms with van der Waals surface area (Å²) in [5.74, 6) is 0.588. The van der Waals surface area contributed by atoms with E-state index in [0.29, 0.717) is 23.6 Å². The molecule has 0 heterocycles. The number of aryl methyl sites for hydroxylation is 2. The molecule has 0 spiro atoms. The molecule has 0 bridgehead atoms. The van der Waals surface area contributed by atoms with E-state index in [1.54, 1.807) is 6.08 Å². The van der Waals surface area contributed by atoms with E-state index in [0.717, 1.165) is 18.4 Å². The molecule has 3 heteroatoms. The van der Waals surface area contributed by atoms with Crippen LogP contribution in [0.1, 0.15) is 21.5 Å². The zero-order chi connectivity index (χ0) is 18.9. The molecule has 136 valence electrons. The fraction of sp³-hybridized carbons (Fsp3) is 0.125. The van der Waals surface area contributed by atoms with E-state index >= 15 is 0 Å². The lowest BCUT2D eigenvalue weighted by molar-refractivity contribution is 0.102. The van der Waals surface area contributed by atoms with Crippen molar-refractivity contribution < 1.29 is 9.53 Å². The van der Waals surface area contributed by atoms with E-state index in [9.17, 15) is 4.79 Å². The Labute approximate surface area is 160 Å². The van der Waals surface area contributed by atoms with Crippen molar-refractivity contribution in [2.45, 2.75) is 12.8 Å². The lowest BCUT2D eigenvalue weighted by Gasteiger charge is -2.11. The van der Waals surface area contributed by atoms with E-state index < -0.39 is 0 Å². The number of amides is 1. The van der Waals surface area contributed by atoms with Gasteiger partial charge in [0.1, 0.15) is 12.4 Å². The van der Waals surface area contributed by atoms with Crippen molar-refractivity contribution in [2.75, 3.05) is 11.9 Å². The average molecular weight is 357 g/mol. The molecule has 3 nitrogen and oxygen atoms in total. The summed E-state index contributed by atoms with van der Waals surface area (Å²) in [7, 11) is 0. The first-order valence-corrected chi connectivity index (χ1v) is 9.03. The van der Waals surface area contributed by atoms with E-state index in [4.69, 9.17) is 4.74 Å². The number of carbonyl (C=O) groups excluding carboxylic acids is 1. The fourth-order valence-electron chi connectivity index (χ4n) is 2.90. The molecule has 0 aromatic heterocycles. The van der Waals surface area contributed by atoms with Crippen LogP contribution in [0, 0.1) is 0 Å². The molecule has 0 radical (unpaired) electrons. The topological polar surface area (TPSA) is 38.3 Å². The third-order valence-corrected chi connectivity index (χ3v) is 4.25. The fourth-order valence-corrected chi connectivity index (χ4v) is 2.90. The minimum absolute atomic E-state index is 0.112. The Morgan fingerprint density at radius 1 is 0.926 bits per heavy atom. The van der Waals surface area contributed by atoms with Crippen molar-refractivity contribution in [2.24, 2.45) is 0 Å². The van der Waals surface area contributed by atoms with Crippen LogP contribution in [0.4, 0.5) is 5.69 Å². The lowest BCUT2D eigenvalue weighted by Crippen LogP contribution is -2.14. The maximum absolute atomic E-state index is 12.8. The molecule has 0 saturated heterocycles. The minimum atomic E-state index is -0.112. The zero-order valence-electron chi connectivity index (χ0n) is 15.2. The molecule has 0 aliphatic heterocycles. The first-order chi connectivity index (χ1) is 13.3. The molecule has 0 aliphatic rings. The van der Waals surface area contributed by atoms with Gasteiger partial charge in [-0.2, -0.15) is 0 Å². The number of hydrogen-bond acceptors (Lipinski definition) is 2. The zero-order valence-corrected chi connectivity index (χ0v) is 15.2. The number of nitrogens with one attached hydrogen (secondary N) is 1. The largest absolute Gasteiger partial charge is 0.489 e. The highest BCUT2D eigenvalue weighted by molar-refractivity contribution is 6.05. The molecule has 3 aromatic rings. The van der Waals surface area contributed by atoms with E-state index in [1.807, 2.05) is 66.7 Å². The summed E-state index contributed by atoms with van der Waals surface area (Å²) in [6, 6.07) is 25.4. The van der Waals surface area contributed by atoms with Crippen LogP contribution in [-0.2, 0) is 12.8 Å². The second-order valence-corrected chi connectivity index (χ2v) is 6.22. The van der Waals surface area contributed by atoms with Gasteiger partial charge >= 0.3 is 0 Å². The second kappa shape index (κ2) is 9.39. The maximum atomic E-state index is 12.8. The highest BCUT2D eigenvalue weighted by Gasteiger charge is 2.11. The highest BCUT2D eigenvalue weighted by atomic mass is 16.5. The Hall–Kier alpha value is -3.33. The number of hydrogen-bond donors (Lipinski definition) is 1. The maximum Gasteiger partial charge on any atom is 0.255 e. The van der Waals surface area contributed by atoms with Gasteiger partial charge in [0, 0.05) is 17.3 Å². The van der Waals surface area contributed by atoms with Gasteiger partial charge in [-0.05, 0) is 42.2 Å².